The quantitative estimate of drug-likeness (QED) is 0.772. The Balaban J connectivity index is 1.65. The van der Waals surface area contributed by atoms with E-state index in [0.29, 0.717) is 13.0 Å². The van der Waals surface area contributed by atoms with Crippen LogP contribution in [-0.2, 0) is 11.3 Å². The van der Waals surface area contributed by atoms with Crippen LogP contribution in [0.4, 0.5) is 10.1 Å². The molecule has 2 aromatic carbocycles. The highest BCUT2D eigenvalue weighted by Gasteiger charge is 2.08. The first-order valence-electron chi connectivity index (χ1n) is 7.23. The van der Waals surface area contributed by atoms with Gasteiger partial charge in [-0.25, -0.2) is 4.39 Å². The summed E-state index contributed by atoms with van der Waals surface area (Å²) in [5.41, 5.74) is 2.15. The van der Waals surface area contributed by atoms with Crippen LogP contribution in [0.1, 0.15) is 12.0 Å². The van der Waals surface area contributed by atoms with Crippen LogP contribution in [0.3, 0.4) is 0 Å². The number of hydrogen-bond donors (Lipinski definition) is 1. The SMILES string of the molecule is Cc1ccc(NC(=O)CCn2ccc3ccccc32)c(F)c1. The van der Waals surface area contributed by atoms with Crippen LogP contribution >= 0.6 is 0 Å². The van der Waals surface area contributed by atoms with Gasteiger partial charge >= 0.3 is 0 Å². The molecule has 1 heterocycles. The van der Waals surface area contributed by atoms with E-state index >= 15 is 0 Å². The molecule has 0 atom stereocenters. The Kier molecular flexibility index (Phi) is 3.92. The van der Waals surface area contributed by atoms with Crippen molar-refractivity contribution in [1.29, 1.82) is 0 Å². The van der Waals surface area contributed by atoms with E-state index in [1.165, 1.54) is 6.07 Å². The van der Waals surface area contributed by atoms with Crippen molar-refractivity contribution in [2.45, 2.75) is 19.9 Å². The molecular weight excluding hydrogens is 279 g/mol. The molecule has 4 heteroatoms. The maximum atomic E-state index is 13.7. The smallest absolute Gasteiger partial charge is 0.226 e. The third-order valence-electron chi connectivity index (χ3n) is 3.66. The first-order chi connectivity index (χ1) is 10.6. The molecule has 0 aliphatic carbocycles. The first-order valence-corrected chi connectivity index (χ1v) is 7.23. The highest BCUT2D eigenvalue weighted by Crippen LogP contribution is 2.17. The van der Waals surface area contributed by atoms with Crippen LogP contribution in [0.25, 0.3) is 10.9 Å². The van der Waals surface area contributed by atoms with E-state index in [1.54, 1.807) is 12.1 Å². The minimum Gasteiger partial charge on any atom is -0.347 e. The molecular formula is C18H17FN2O. The van der Waals surface area contributed by atoms with Crippen molar-refractivity contribution < 1.29 is 9.18 Å². The molecule has 0 fully saturated rings. The monoisotopic (exact) mass is 296 g/mol. The Bertz CT molecular complexity index is 823. The third kappa shape index (κ3) is 3.01. The number of nitrogens with one attached hydrogen (secondary N) is 1. The predicted molar refractivity (Wildman–Crippen MR) is 86.3 cm³/mol. The summed E-state index contributed by atoms with van der Waals surface area (Å²) in [6.45, 7) is 2.37. The van der Waals surface area contributed by atoms with Gasteiger partial charge in [0.2, 0.25) is 5.91 Å². The Morgan fingerprint density at radius 2 is 2.00 bits per heavy atom. The molecule has 1 N–H and O–H groups in total. The summed E-state index contributed by atoms with van der Waals surface area (Å²) < 4.78 is 15.7. The maximum Gasteiger partial charge on any atom is 0.226 e. The zero-order chi connectivity index (χ0) is 15.5. The number of para-hydroxylation sites is 1. The number of nitrogens with zero attached hydrogens (tertiary/aromatic N) is 1. The molecule has 1 amide bonds. The fourth-order valence-electron chi connectivity index (χ4n) is 2.49. The number of aromatic nitrogens is 1. The zero-order valence-corrected chi connectivity index (χ0v) is 12.3. The van der Waals surface area contributed by atoms with E-state index in [4.69, 9.17) is 0 Å². The summed E-state index contributed by atoms with van der Waals surface area (Å²) in [4.78, 5) is 12.0. The van der Waals surface area contributed by atoms with E-state index in [-0.39, 0.29) is 11.6 Å². The lowest BCUT2D eigenvalue weighted by Crippen LogP contribution is -2.15. The van der Waals surface area contributed by atoms with Crippen LogP contribution in [-0.4, -0.2) is 10.5 Å². The normalized spacial score (nSPS) is 10.8. The van der Waals surface area contributed by atoms with Gasteiger partial charge in [0.15, 0.2) is 0 Å². The van der Waals surface area contributed by atoms with Crippen molar-refractivity contribution in [2.75, 3.05) is 5.32 Å². The Labute approximate surface area is 128 Å². The molecule has 3 aromatic rings. The van der Waals surface area contributed by atoms with Gasteiger partial charge in [-0.1, -0.05) is 24.3 Å². The van der Waals surface area contributed by atoms with Gasteiger partial charge in [0.05, 0.1) is 5.69 Å². The molecule has 0 unspecified atom stereocenters. The van der Waals surface area contributed by atoms with Crippen LogP contribution in [0.5, 0.6) is 0 Å². The molecule has 0 radical (unpaired) electrons. The van der Waals surface area contributed by atoms with Crippen LogP contribution < -0.4 is 5.32 Å². The largest absolute Gasteiger partial charge is 0.347 e. The zero-order valence-electron chi connectivity index (χ0n) is 12.3. The molecule has 3 nitrogen and oxygen atoms in total. The van der Waals surface area contributed by atoms with Crippen molar-refractivity contribution >= 4 is 22.5 Å². The lowest BCUT2D eigenvalue weighted by Gasteiger charge is -2.08. The highest BCUT2D eigenvalue weighted by molar-refractivity contribution is 5.91. The van der Waals surface area contributed by atoms with Crippen molar-refractivity contribution in [3.05, 3.63) is 66.1 Å². The molecule has 112 valence electrons. The van der Waals surface area contributed by atoms with Gasteiger partial charge in [-0.3, -0.25) is 4.79 Å². The first kappa shape index (κ1) is 14.3. The second-order valence-electron chi connectivity index (χ2n) is 5.35. The summed E-state index contributed by atoms with van der Waals surface area (Å²) in [5.74, 6) is -0.597. The summed E-state index contributed by atoms with van der Waals surface area (Å²) >= 11 is 0. The molecule has 22 heavy (non-hydrogen) atoms. The van der Waals surface area contributed by atoms with E-state index in [0.717, 1.165) is 16.5 Å². The average molecular weight is 296 g/mol. The Morgan fingerprint density at radius 3 is 2.82 bits per heavy atom. The van der Waals surface area contributed by atoms with E-state index < -0.39 is 5.82 Å². The number of aryl methyl sites for hydroxylation is 2. The van der Waals surface area contributed by atoms with Crippen molar-refractivity contribution in [1.82, 2.24) is 4.57 Å². The summed E-state index contributed by atoms with van der Waals surface area (Å²) in [5, 5.41) is 3.77. The van der Waals surface area contributed by atoms with E-state index in [2.05, 4.69) is 5.32 Å². The van der Waals surface area contributed by atoms with Crippen molar-refractivity contribution in [2.24, 2.45) is 0 Å². The lowest BCUT2D eigenvalue weighted by molar-refractivity contribution is -0.116. The topological polar surface area (TPSA) is 34.0 Å². The molecule has 0 aliphatic rings. The average Bonchev–Trinajstić information content (AvgIpc) is 2.91. The molecule has 0 saturated carbocycles. The van der Waals surface area contributed by atoms with Crippen LogP contribution in [0.15, 0.2) is 54.7 Å². The summed E-state index contributed by atoms with van der Waals surface area (Å²) in [7, 11) is 0. The molecule has 0 saturated heterocycles. The standard InChI is InChI=1S/C18H17FN2O/c1-13-6-7-16(15(19)12-13)20-18(22)9-11-21-10-8-14-4-2-3-5-17(14)21/h2-8,10,12H,9,11H2,1H3,(H,20,22). The van der Waals surface area contributed by atoms with Crippen LogP contribution in [0.2, 0.25) is 0 Å². The molecule has 0 bridgehead atoms. The van der Waals surface area contributed by atoms with Crippen molar-refractivity contribution in [3.63, 3.8) is 0 Å². The van der Waals surface area contributed by atoms with E-state index in [9.17, 15) is 9.18 Å². The lowest BCUT2D eigenvalue weighted by atomic mass is 10.2. The number of amides is 1. The van der Waals surface area contributed by atoms with Gasteiger partial charge in [-0.15, -0.1) is 0 Å². The summed E-state index contributed by atoms with van der Waals surface area (Å²) in [6.07, 6.45) is 2.26. The van der Waals surface area contributed by atoms with Gasteiger partial charge in [-0.05, 0) is 42.1 Å². The minimum absolute atomic E-state index is 0.194. The number of halogens is 1. The Hall–Kier alpha value is -2.62. The van der Waals surface area contributed by atoms with Gasteiger partial charge in [0.1, 0.15) is 5.82 Å². The number of rotatable bonds is 4. The van der Waals surface area contributed by atoms with Gasteiger partial charge in [-0.2, -0.15) is 0 Å². The fourth-order valence-corrected chi connectivity index (χ4v) is 2.49. The second-order valence-corrected chi connectivity index (χ2v) is 5.35. The Morgan fingerprint density at radius 1 is 1.18 bits per heavy atom. The maximum absolute atomic E-state index is 13.7. The highest BCUT2D eigenvalue weighted by atomic mass is 19.1. The van der Waals surface area contributed by atoms with Gasteiger partial charge in [0, 0.05) is 24.7 Å². The van der Waals surface area contributed by atoms with E-state index in [1.807, 2.05) is 48.0 Å². The predicted octanol–water partition coefficient (Wildman–Crippen LogP) is 4.12. The van der Waals surface area contributed by atoms with Crippen LogP contribution in [0, 0.1) is 12.7 Å². The molecule has 0 spiro atoms. The van der Waals surface area contributed by atoms with Gasteiger partial charge in [0.25, 0.3) is 0 Å². The number of carbonyl (C=O) groups excluding carboxylic acids is 1. The van der Waals surface area contributed by atoms with Crippen molar-refractivity contribution in [3.8, 4) is 0 Å². The second kappa shape index (κ2) is 6.02. The minimum atomic E-state index is -0.403. The third-order valence-corrected chi connectivity index (χ3v) is 3.66. The number of carbonyl (C=O) groups is 1. The number of benzene rings is 2. The molecule has 0 aliphatic heterocycles. The fraction of sp³-hybridized carbons (Fsp3) is 0.167. The molecule has 1 aromatic heterocycles. The number of hydrogen-bond acceptors (Lipinski definition) is 1. The number of anilines is 1. The molecule has 3 rings (SSSR count). The number of fused-ring (bicyclic) bond motifs is 1. The summed E-state index contributed by atoms with van der Waals surface area (Å²) in [6, 6.07) is 14.8. The van der Waals surface area contributed by atoms with Gasteiger partial charge < -0.3 is 9.88 Å².